The van der Waals surface area contributed by atoms with E-state index in [0.29, 0.717) is 38.5 Å². The monoisotopic (exact) mass is 562 g/mol. The Morgan fingerprint density at radius 2 is 1.83 bits per heavy atom. The molecule has 3 N–H and O–H groups in total. The van der Waals surface area contributed by atoms with Crippen LogP contribution in [0, 0.1) is 0 Å². The van der Waals surface area contributed by atoms with Crippen molar-refractivity contribution in [1.82, 2.24) is 10.6 Å². The van der Waals surface area contributed by atoms with Gasteiger partial charge in [-0.15, -0.1) is 0 Å². The van der Waals surface area contributed by atoms with Gasteiger partial charge >= 0.3 is 0 Å². The number of carbonyl (C=O) groups excluding carboxylic acids is 1. The molecule has 0 aliphatic carbocycles. The molecule has 0 aromatic heterocycles. The normalized spacial score (nSPS) is 14.7. The summed E-state index contributed by atoms with van der Waals surface area (Å²) in [6.07, 6.45) is 0.229. The van der Waals surface area contributed by atoms with Crippen molar-refractivity contribution < 1.29 is 28.8 Å². The number of nitrogens with one attached hydrogen (secondary N) is 2. The van der Waals surface area contributed by atoms with Gasteiger partial charge in [0, 0.05) is 37.6 Å². The number of benzene rings is 3. The van der Waals surface area contributed by atoms with E-state index in [-0.39, 0.29) is 11.9 Å². The first kappa shape index (κ1) is 30.5. The van der Waals surface area contributed by atoms with Crippen LogP contribution >= 0.6 is 0 Å². The highest BCUT2D eigenvalue weighted by atomic mass is 16.7. The molecule has 1 amide bonds. The van der Waals surface area contributed by atoms with Crippen molar-refractivity contribution in [3.63, 3.8) is 0 Å². The van der Waals surface area contributed by atoms with Gasteiger partial charge in [-0.3, -0.25) is 4.79 Å². The van der Waals surface area contributed by atoms with Crippen LogP contribution in [0.2, 0.25) is 0 Å². The molecular weight excluding hydrogens is 520 g/mol. The van der Waals surface area contributed by atoms with Crippen LogP contribution in [-0.2, 0) is 29.1 Å². The molecule has 1 atom stereocenters. The van der Waals surface area contributed by atoms with Gasteiger partial charge in [-0.1, -0.05) is 30.3 Å². The number of hydrogen-bond donors (Lipinski definition) is 3. The molecule has 1 aliphatic heterocycles. The van der Waals surface area contributed by atoms with Gasteiger partial charge in [0.2, 0.25) is 5.79 Å². The summed E-state index contributed by atoms with van der Waals surface area (Å²) in [5.41, 5.74) is 4.56. The predicted octanol–water partition coefficient (Wildman–Crippen LogP) is 4.93. The zero-order valence-corrected chi connectivity index (χ0v) is 24.4. The first-order valence-electron chi connectivity index (χ1n) is 14.2. The van der Waals surface area contributed by atoms with Gasteiger partial charge in [0.25, 0.3) is 5.91 Å². The fourth-order valence-corrected chi connectivity index (χ4v) is 4.46. The number of ether oxygens (including phenoxy) is 4. The lowest BCUT2D eigenvalue weighted by molar-refractivity contribution is -0.180. The molecule has 0 bridgehead atoms. The molecule has 0 unspecified atom stereocenters. The zero-order valence-electron chi connectivity index (χ0n) is 24.4. The quantitative estimate of drug-likeness (QED) is 0.240. The lowest BCUT2D eigenvalue weighted by atomic mass is 10.0. The van der Waals surface area contributed by atoms with E-state index in [1.54, 1.807) is 6.07 Å². The molecule has 0 spiro atoms. The van der Waals surface area contributed by atoms with Gasteiger partial charge in [-0.05, 0) is 79.9 Å². The number of aliphatic hydroxyl groups excluding tert-OH is 1. The molecule has 41 heavy (non-hydrogen) atoms. The Hall–Kier alpha value is -3.43. The fraction of sp³-hybridized carbons (Fsp3) is 0.424. The van der Waals surface area contributed by atoms with E-state index in [4.69, 9.17) is 18.9 Å². The van der Waals surface area contributed by atoms with E-state index in [1.807, 2.05) is 88.4 Å². The third kappa shape index (κ3) is 9.57. The average Bonchev–Trinajstić information content (AvgIpc) is 2.95. The van der Waals surface area contributed by atoms with Crippen molar-refractivity contribution in [2.24, 2.45) is 0 Å². The van der Waals surface area contributed by atoms with E-state index in [0.717, 1.165) is 41.2 Å². The zero-order chi connectivity index (χ0) is 29.2. The Labute approximate surface area is 243 Å². The maximum atomic E-state index is 12.2. The predicted molar refractivity (Wildman–Crippen MR) is 158 cm³/mol. The van der Waals surface area contributed by atoms with Crippen molar-refractivity contribution in [1.29, 1.82) is 0 Å². The fourth-order valence-electron chi connectivity index (χ4n) is 4.46. The van der Waals surface area contributed by atoms with Gasteiger partial charge in [0.1, 0.15) is 18.1 Å². The van der Waals surface area contributed by atoms with Crippen LogP contribution in [0.1, 0.15) is 66.4 Å². The van der Waals surface area contributed by atoms with Crippen LogP contribution in [0.5, 0.6) is 11.5 Å². The summed E-state index contributed by atoms with van der Waals surface area (Å²) >= 11 is 0. The van der Waals surface area contributed by atoms with E-state index in [1.165, 1.54) is 5.56 Å². The van der Waals surface area contributed by atoms with E-state index in [2.05, 4.69) is 10.6 Å². The smallest absolute Gasteiger partial charge is 0.251 e. The molecular formula is C33H42N2O6. The molecule has 1 aliphatic rings. The summed E-state index contributed by atoms with van der Waals surface area (Å²) in [5.74, 6) is 0.885. The third-order valence-electron chi connectivity index (χ3n) is 6.63. The van der Waals surface area contributed by atoms with Gasteiger partial charge in [0.05, 0.1) is 25.9 Å². The molecule has 8 nitrogen and oxygen atoms in total. The van der Waals surface area contributed by atoms with Crippen LogP contribution in [-0.4, -0.2) is 49.1 Å². The Morgan fingerprint density at radius 1 is 1.02 bits per heavy atom. The minimum absolute atomic E-state index is 0.0803. The minimum Gasteiger partial charge on any atom is -0.491 e. The molecule has 8 heteroatoms. The highest BCUT2D eigenvalue weighted by Gasteiger charge is 2.27. The van der Waals surface area contributed by atoms with Crippen molar-refractivity contribution in [2.45, 2.75) is 65.3 Å². The minimum atomic E-state index is -0.629. The van der Waals surface area contributed by atoms with Crippen molar-refractivity contribution >= 4 is 5.91 Å². The third-order valence-corrected chi connectivity index (χ3v) is 6.63. The lowest BCUT2D eigenvalue weighted by Gasteiger charge is -2.33. The van der Waals surface area contributed by atoms with E-state index < -0.39 is 11.9 Å². The summed E-state index contributed by atoms with van der Waals surface area (Å²) in [4.78, 5) is 12.2. The Bertz CT molecular complexity index is 1270. The van der Waals surface area contributed by atoms with Gasteiger partial charge in [-0.25, -0.2) is 0 Å². The van der Waals surface area contributed by atoms with Gasteiger partial charge in [0.15, 0.2) is 0 Å². The summed E-state index contributed by atoms with van der Waals surface area (Å²) in [5, 5.41) is 16.9. The van der Waals surface area contributed by atoms with Crippen LogP contribution < -0.4 is 20.1 Å². The maximum absolute atomic E-state index is 12.2. The molecule has 1 heterocycles. The number of amides is 1. The van der Waals surface area contributed by atoms with E-state index in [9.17, 15) is 9.90 Å². The number of rotatable bonds is 14. The molecule has 3 aromatic carbocycles. The molecule has 220 valence electrons. The molecule has 0 radical (unpaired) electrons. The molecule has 0 saturated heterocycles. The summed E-state index contributed by atoms with van der Waals surface area (Å²) in [6.45, 7) is 10.6. The summed E-state index contributed by atoms with van der Waals surface area (Å²) in [6, 6.07) is 21.3. The summed E-state index contributed by atoms with van der Waals surface area (Å²) in [7, 11) is 0. The largest absolute Gasteiger partial charge is 0.491 e. The number of carbonyl (C=O) groups is 1. The first-order chi connectivity index (χ1) is 19.7. The average molecular weight is 563 g/mol. The van der Waals surface area contributed by atoms with Crippen LogP contribution in [0.3, 0.4) is 0 Å². The number of hydrogen-bond acceptors (Lipinski definition) is 7. The van der Waals surface area contributed by atoms with Crippen molar-refractivity contribution in [3.8, 4) is 11.5 Å². The van der Waals surface area contributed by atoms with E-state index >= 15 is 0 Å². The van der Waals surface area contributed by atoms with Crippen molar-refractivity contribution in [2.75, 3.05) is 26.3 Å². The SMILES string of the molecule is CC(C)NC(=O)c1cccc(COCCOc2ccc(CCNC[C@@H](O)c3ccc4c(c3)COC(C)(C)O4)cc2)c1. The highest BCUT2D eigenvalue weighted by molar-refractivity contribution is 5.94. The number of aliphatic hydroxyl groups is 1. The van der Waals surface area contributed by atoms with Crippen LogP contribution in [0.25, 0.3) is 0 Å². The van der Waals surface area contributed by atoms with Crippen LogP contribution in [0.4, 0.5) is 0 Å². The lowest BCUT2D eigenvalue weighted by Crippen LogP contribution is -2.35. The first-order valence-corrected chi connectivity index (χ1v) is 14.2. The van der Waals surface area contributed by atoms with Gasteiger partial charge < -0.3 is 34.7 Å². The summed E-state index contributed by atoms with van der Waals surface area (Å²) < 4.78 is 23.1. The second-order valence-electron chi connectivity index (χ2n) is 11.0. The maximum Gasteiger partial charge on any atom is 0.251 e. The molecule has 4 rings (SSSR count). The van der Waals surface area contributed by atoms with Gasteiger partial charge in [-0.2, -0.15) is 0 Å². The van der Waals surface area contributed by atoms with Crippen molar-refractivity contribution in [3.05, 3.63) is 94.5 Å². The standard InChI is InChI=1S/C33H42N2O6/c1-23(2)35-32(37)27-7-5-6-25(18-27)21-38-16-17-39-29-11-8-24(9-12-29)14-15-34-20-30(36)26-10-13-31-28(19-26)22-40-33(3,4)41-31/h5-13,18-19,23,30,34,36H,14-17,20-22H2,1-4H3,(H,35,37)/t30-/m1/s1. The second kappa shape index (κ2) is 14.5. The Morgan fingerprint density at radius 3 is 2.61 bits per heavy atom. The molecule has 0 saturated carbocycles. The second-order valence-corrected chi connectivity index (χ2v) is 11.0. The number of fused-ring (bicyclic) bond motifs is 1. The molecule has 0 fully saturated rings. The van der Waals surface area contributed by atoms with Crippen LogP contribution in [0.15, 0.2) is 66.7 Å². The highest BCUT2D eigenvalue weighted by Crippen LogP contribution is 2.32. The Balaban J connectivity index is 1.11. The Kier molecular flexibility index (Phi) is 10.8. The molecule has 3 aromatic rings. The topological polar surface area (TPSA) is 98.3 Å².